The summed E-state index contributed by atoms with van der Waals surface area (Å²) >= 11 is 1.62. The molecular weight excluding hydrogens is 234 g/mol. The molecule has 2 rings (SSSR count). The number of nitrogens with one attached hydrogen (secondary N) is 2. The van der Waals surface area contributed by atoms with Crippen molar-refractivity contribution in [3.05, 3.63) is 39.7 Å². The van der Waals surface area contributed by atoms with Crippen molar-refractivity contribution in [2.24, 2.45) is 0 Å². The molecule has 0 bridgehead atoms. The minimum absolute atomic E-state index is 0.162. The molecule has 2 aromatic heterocycles. The first kappa shape index (κ1) is 11.6. The predicted octanol–water partition coefficient (Wildman–Crippen LogP) is 2.74. The molecule has 0 spiro atoms. The van der Waals surface area contributed by atoms with Gasteiger partial charge in [-0.2, -0.15) is 5.10 Å². The highest BCUT2D eigenvalue weighted by molar-refractivity contribution is 7.11. The number of hydrogen-bond donors (Lipinski definition) is 2. The van der Waals surface area contributed by atoms with E-state index in [-0.39, 0.29) is 5.91 Å². The Labute approximate surface area is 103 Å². The lowest BCUT2D eigenvalue weighted by molar-refractivity contribution is -0.111. The van der Waals surface area contributed by atoms with Crippen LogP contribution in [-0.2, 0) is 4.79 Å². The van der Waals surface area contributed by atoms with E-state index in [1.54, 1.807) is 17.5 Å². The van der Waals surface area contributed by atoms with E-state index >= 15 is 0 Å². The smallest absolute Gasteiger partial charge is 0.249 e. The fourth-order valence-electron chi connectivity index (χ4n) is 1.34. The van der Waals surface area contributed by atoms with Crippen LogP contribution in [0.5, 0.6) is 0 Å². The summed E-state index contributed by atoms with van der Waals surface area (Å²) in [5.74, 6) is 0.479. The second kappa shape index (κ2) is 4.97. The third-order valence-corrected chi connectivity index (χ3v) is 3.35. The van der Waals surface area contributed by atoms with Crippen molar-refractivity contribution in [2.75, 3.05) is 5.32 Å². The first-order chi connectivity index (χ1) is 8.16. The number of thiophene rings is 1. The second-order valence-corrected chi connectivity index (χ2v) is 4.67. The van der Waals surface area contributed by atoms with Gasteiger partial charge in [-0.05, 0) is 36.9 Å². The third kappa shape index (κ3) is 2.82. The molecule has 0 aliphatic rings. The normalized spacial score (nSPS) is 10.9. The number of aromatic amines is 1. The molecule has 1 amide bonds. The van der Waals surface area contributed by atoms with Crippen molar-refractivity contribution < 1.29 is 4.79 Å². The maximum absolute atomic E-state index is 11.6. The van der Waals surface area contributed by atoms with Crippen LogP contribution >= 0.6 is 11.3 Å². The summed E-state index contributed by atoms with van der Waals surface area (Å²) in [6, 6.07) is 2.03. The zero-order valence-corrected chi connectivity index (χ0v) is 10.5. The van der Waals surface area contributed by atoms with Gasteiger partial charge in [-0.3, -0.25) is 9.89 Å². The Bertz CT molecular complexity index is 554. The number of carbonyl (C=O) groups excluding carboxylic acids is 1. The molecule has 2 N–H and O–H groups in total. The van der Waals surface area contributed by atoms with Gasteiger partial charge in [-0.15, -0.1) is 11.3 Å². The van der Waals surface area contributed by atoms with Crippen LogP contribution in [0.25, 0.3) is 6.08 Å². The lowest BCUT2D eigenvalue weighted by Crippen LogP contribution is -2.08. The van der Waals surface area contributed by atoms with Crippen molar-refractivity contribution in [1.29, 1.82) is 0 Å². The lowest BCUT2D eigenvalue weighted by Gasteiger charge is -1.98. The predicted molar refractivity (Wildman–Crippen MR) is 70.0 cm³/mol. The van der Waals surface area contributed by atoms with Gasteiger partial charge in [0.05, 0.1) is 6.20 Å². The molecule has 0 atom stereocenters. The maximum atomic E-state index is 11.6. The quantitative estimate of drug-likeness (QED) is 0.819. The summed E-state index contributed by atoms with van der Waals surface area (Å²) in [6.07, 6.45) is 5.02. The van der Waals surface area contributed by atoms with Crippen molar-refractivity contribution >= 4 is 29.1 Å². The summed E-state index contributed by atoms with van der Waals surface area (Å²) in [5, 5.41) is 11.3. The van der Waals surface area contributed by atoms with Crippen LogP contribution in [0.3, 0.4) is 0 Å². The Hall–Kier alpha value is -1.88. The van der Waals surface area contributed by atoms with Gasteiger partial charge in [0, 0.05) is 16.5 Å². The van der Waals surface area contributed by atoms with Crippen LogP contribution in [0.15, 0.2) is 23.7 Å². The summed E-state index contributed by atoms with van der Waals surface area (Å²) in [5.41, 5.74) is 2.09. The molecule has 5 heteroatoms. The monoisotopic (exact) mass is 247 g/mol. The van der Waals surface area contributed by atoms with Gasteiger partial charge < -0.3 is 5.32 Å². The Balaban J connectivity index is 2.01. The first-order valence-electron chi connectivity index (χ1n) is 5.20. The van der Waals surface area contributed by atoms with Gasteiger partial charge >= 0.3 is 0 Å². The number of hydrogen-bond acceptors (Lipinski definition) is 3. The number of H-pyrrole nitrogens is 1. The van der Waals surface area contributed by atoms with Gasteiger partial charge in [0.15, 0.2) is 0 Å². The number of nitrogens with zero attached hydrogens (tertiary/aromatic N) is 1. The van der Waals surface area contributed by atoms with E-state index in [1.165, 1.54) is 11.6 Å². The molecule has 0 radical (unpaired) electrons. The summed E-state index contributed by atoms with van der Waals surface area (Å²) in [6.45, 7) is 3.90. The largest absolute Gasteiger partial charge is 0.307 e. The fraction of sp³-hybridized carbons (Fsp3) is 0.167. The average Bonchev–Trinajstić information content (AvgIpc) is 2.86. The molecule has 0 aliphatic heterocycles. The molecule has 88 valence electrons. The maximum Gasteiger partial charge on any atom is 0.249 e. The average molecular weight is 247 g/mol. The SMILES string of the molecule is Cc1cn[nH]c1NC(=O)/C=C/c1sccc1C. The molecule has 0 aliphatic carbocycles. The first-order valence-corrected chi connectivity index (χ1v) is 6.08. The zero-order valence-electron chi connectivity index (χ0n) is 9.65. The number of carbonyl (C=O) groups is 1. The minimum atomic E-state index is -0.162. The molecule has 0 fully saturated rings. The van der Waals surface area contributed by atoms with Crippen LogP contribution in [0.2, 0.25) is 0 Å². The summed E-state index contributed by atoms with van der Waals surface area (Å²) in [7, 11) is 0. The van der Waals surface area contributed by atoms with Crippen LogP contribution < -0.4 is 5.32 Å². The van der Waals surface area contributed by atoms with Gasteiger partial charge in [-0.1, -0.05) is 0 Å². The Morgan fingerprint density at radius 1 is 1.47 bits per heavy atom. The summed E-state index contributed by atoms with van der Waals surface area (Å²) in [4.78, 5) is 12.7. The van der Waals surface area contributed by atoms with E-state index in [1.807, 2.05) is 31.4 Å². The molecule has 0 unspecified atom stereocenters. The molecule has 17 heavy (non-hydrogen) atoms. The van der Waals surface area contributed by atoms with Crippen LogP contribution in [0.1, 0.15) is 16.0 Å². The molecule has 2 heterocycles. The molecule has 2 aromatic rings. The highest BCUT2D eigenvalue weighted by Crippen LogP contribution is 2.17. The van der Waals surface area contributed by atoms with E-state index in [4.69, 9.17) is 0 Å². The van der Waals surface area contributed by atoms with E-state index in [0.717, 1.165) is 10.4 Å². The Morgan fingerprint density at radius 2 is 2.29 bits per heavy atom. The molecule has 4 nitrogen and oxygen atoms in total. The van der Waals surface area contributed by atoms with Crippen LogP contribution in [-0.4, -0.2) is 16.1 Å². The number of anilines is 1. The van der Waals surface area contributed by atoms with Crippen molar-refractivity contribution in [3.63, 3.8) is 0 Å². The zero-order chi connectivity index (χ0) is 12.3. The minimum Gasteiger partial charge on any atom is -0.307 e. The number of aromatic nitrogens is 2. The van der Waals surface area contributed by atoms with Gasteiger partial charge in [0.2, 0.25) is 5.91 Å². The van der Waals surface area contributed by atoms with E-state index in [9.17, 15) is 4.79 Å². The summed E-state index contributed by atoms with van der Waals surface area (Å²) < 4.78 is 0. The van der Waals surface area contributed by atoms with Crippen LogP contribution in [0.4, 0.5) is 5.82 Å². The third-order valence-electron chi connectivity index (χ3n) is 2.36. The number of amides is 1. The van der Waals surface area contributed by atoms with Crippen molar-refractivity contribution in [2.45, 2.75) is 13.8 Å². The highest BCUT2D eigenvalue weighted by Gasteiger charge is 2.03. The standard InChI is InChI=1S/C12H13N3OS/c1-8-5-6-17-10(8)3-4-11(16)14-12-9(2)7-13-15-12/h3-7H,1-2H3,(H2,13,14,15,16)/b4-3+. The van der Waals surface area contributed by atoms with E-state index in [2.05, 4.69) is 15.5 Å². The van der Waals surface area contributed by atoms with Crippen LogP contribution in [0, 0.1) is 13.8 Å². The molecule has 0 saturated heterocycles. The topological polar surface area (TPSA) is 57.8 Å². The Kier molecular flexibility index (Phi) is 3.39. The molecule has 0 saturated carbocycles. The van der Waals surface area contributed by atoms with Gasteiger partial charge in [-0.25, -0.2) is 0 Å². The lowest BCUT2D eigenvalue weighted by atomic mass is 10.3. The van der Waals surface area contributed by atoms with E-state index in [0.29, 0.717) is 5.82 Å². The van der Waals surface area contributed by atoms with Crippen molar-refractivity contribution in [3.8, 4) is 0 Å². The molecular formula is C12H13N3OS. The molecule has 0 aromatic carbocycles. The van der Waals surface area contributed by atoms with Crippen molar-refractivity contribution in [1.82, 2.24) is 10.2 Å². The van der Waals surface area contributed by atoms with E-state index < -0.39 is 0 Å². The fourth-order valence-corrected chi connectivity index (χ4v) is 2.16. The number of rotatable bonds is 3. The second-order valence-electron chi connectivity index (χ2n) is 3.72. The highest BCUT2D eigenvalue weighted by atomic mass is 32.1. The van der Waals surface area contributed by atoms with Gasteiger partial charge in [0.25, 0.3) is 0 Å². The Morgan fingerprint density at radius 3 is 2.88 bits per heavy atom. The number of aryl methyl sites for hydroxylation is 2. The van der Waals surface area contributed by atoms with Gasteiger partial charge in [0.1, 0.15) is 5.82 Å².